The smallest absolute Gasteiger partial charge is 0.226 e. The molecule has 140 valence electrons. The molecule has 1 N–H and O–H groups in total. The number of nitrogens with one attached hydrogen (secondary N) is 1. The molecule has 4 rings (SSSR count). The summed E-state index contributed by atoms with van der Waals surface area (Å²) in [6.07, 6.45) is 5.94. The SMILES string of the molecule is O=C(CCn1ncc2c(Cl)cccc21)Nc1ccc(N2CCCCC2)cc1. The maximum Gasteiger partial charge on any atom is 0.226 e. The number of fused-ring (bicyclic) bond motifs is 1. The van der Waals surface area contributed by atoms with E-state index in [-0.39, 0.29) is 5.91 Å². The lowest BCUT2D eigenvalue weighted by atomic mass is 10.1. The lowest BCUT2D eigenvalue weighted by Gasteiger charge is -2.28. The summed E-state index contributed by atoms with van der Waals surface area (Å²) in [4.78, 5) is 14.7. The van der Waals surface area contributed by atoms with Crippen molar-refractivity contribution in [3.05, 3.63) is 53.7 Å². The molecule has 3 aromatic rings. The molecule has 2 heterocycles. The highest BCUT2D eigenvalue weighted by Crippen LogP contribution is 2.23. The fraction of sp³-hybridized carbons (Fsp3) is 0.333. The highest BCUT2D eigenvalue weighted by molar-refractivity contribution is 6.35. The Hall–Kier alpha value is -2.53. The van der Waals surface area contributed by atoms with E-state index in [2.05, 4.69) is 27.4 Å². The van der Waals surface area contributed by atoms with Crippen LogP contribution in [0.3, 0.4) is 0 Å². The predicted octanol–water partition coefficient (Wildman–Crippen LogP) is 4.71. The Morgan fingerprint density at radius 3 is 2.63 bits per heavy atom. The highest BCUT2D eigenvalue weighted by atomic mass is 35.5. The Bertz CT molecular complexity index is 929. The summed E-state index contributed by atoms with van der Waals surface area (Å²) in [7, 11) is 0. The molecule has 0 saturated carbocycles. The zero-order chi connectivity index (χ0) is 18.6. The van der Waals surface area contributed by atoms with Crippen molar-refractivity contribution >= 4 is 39.8 Å². The second-order valence-corrected chi connectivity index (χ2v) is 7.34. The van der Waals surface area contributed by atoms with Crippen LogP contribution in [0.2, 0.25) is 5.02 Å². The standard InChI is InChI=1S/C21H23ClN4O/c22-19-5-4-6-20-18(19)15-23-26(20)14-11-21(27)24-16-7-9-17(10-8-16)25-12-2-1-3-13-25/h4-10,15H,1-3,11-14H2,(H,24,27). The highest BCUT2D eigenvalue weighted by Gasteiger charge is 2.11. The number of nitrogens with zero attached hydrogens (tertiary/aromatic N) is 3. The fourth-order valence-corrected chi connectivity index (χ4v) is 3.80. The third-order valence-electron chi connectivity index (χ3n) is 5.06. The van der Waals surface area contributed by atoms with E-state index in [1.54, 1.807) is 6.20 Å². The maximum absolute atomic E-state index is 12.3. The lowest BCUT2D eigenvalue weighted by molar-refractivity contribution is -0.116. The van der Waals surface area contributed by atoms with Gasteiger partial charge in [0.25, 0.3) is 0 Å². The number of piperidine rings is 1. The molecular weight excluding hydrogens is 360 g/mol. The van der Waals surface area contributed by atoms with Crippen LogP contribution in [-0.2, 0) is 11.3 Å². The first-order chi connectivity index (χ1) is 13.2. The van der Waals surface area contributed by atoms with Gasteiger partial charge in [-0.15, -0.1) is 0 Å². The molecule has 0 unspecified atom stereocenters. The third kappa shape index (κ3) is 4.08. The van der Waals surface area contributed by atoms with Crippen LogP contribution >= 0.6 is 11.6 Å². The van der Waals surface area contributed by atoms with Gasteiger partial charge in [-0.05, 0) is 55.7 Å². The van der Waals surface area contributed by atoms with E-state index in [1.807, 2.05) is 35.0 Å². The van der Waals surface area contributed by atoms with Crippen molar-refractivity contribution in [2.24, 2.45) is 0 Å². The van der Waals surface area contributed by atoms with Crippen molar-refractivity contribution < 1.29 is 4.79 Å². The van der Waals surface area contributed by atoms with E-state index in [9.17, 15) is 4.79 Å². The summed E-state index contributed by atoms with van der Waals surface area (Å²) in [5, 5.41) is 8.90. The molecule has 1 fully saturated rings. The van der Waals surface area contributed by atoms with Crippen molar-refractivity contribution in [2.45, 2.75) is 32.2 Å². The first kappa shape index (κ1) is 17.9. The number of benzene rings is 2. The number of carbonyl (C=O) groups excluding carboxylic acids is 1. The van der Waals surface area contributed by atoms with Gasteiger partial charge in [-0.1, -0.05) is 17.7 Å². The van der Waals surface area contributed by atoms with Gasteiger partial charge < -0.3 is 10.2 Å². The Kier molecular flexibility index (Phi) is 5.30. The van der Waals surface area contributed by atoms with E-state index in [0.29, 0.717) is 18.0 Å². The van der Waals surface area contributed by atoms with Crippen LogP contribution in [0, 0.1) is 0 Å². The van der Waals surface area contributed by atoms with E-state index in [4.69, 9.17) is 11.6 Å². The van der Waals surface area contributed by atoms with Crippen molar-refractivity contribution in [3.8, 4) is 0 Å². The average Bonchev–Trinajstić information content (AvgIpc) is 3.12. The van der Waals surface area contributed by atoms with Crippen molar-refractivity contribution in [3.63, 3.8) is 0 Å². The third-order valence-corrected chi connectivity index (χ3v) is 5.39. The number of halogens is 1. The summed E-state index contributed by atoms with van der Waals surface area (Å²) in [6, 6.07) is 13.8. The molecule has 0 atom stereocenters. The van der Waals surface area contributed by atoms with Crippen LogP contribution in [0.1, 0.15) is 25.7 Å². The molecular formula is C21H23ClN4O. The minimum Gasteiger partial charge on any atom is -0.372 e. The second-order valence-electron chi connectivity index (χ2n) is 6.93. The average molecular weight is 383 g/mol. The van der Waals surface area contributed by atoms with Gasteiger partial charge in [0.1, 0.15) is 0 Å². The summed E-state index contributed by atoms with van der Waals surface area (Å²) < 4.78 is 1.82. The van der Waals surface area contributed by atoms with Crippen LogP contribution < -0.4 is 10.2 Å². The number of rotatable bonds is 5. The Morgan fingerprint density at radius 2 is 1.85 bits per heavy atom. The van der Waals surface area contributed by atoms with Gasteiger partial charge in [0, 0.05) is 36.3 Å². The van der Waals surface area contributed by atoms with Gasteiger partial charge in [0.05, 0.1) is 23.3 Å². The molecule has 1 saturated heterocycles. The largest absolute Gasteiger partial charge is 0.372 e. The van der Waals surface area contributed by atoms with Gasteiger partial charge in [0.2, 0.25) is 5.91 Å². The minimum atomic E-state index is -0.0219. The van der Waals surface area contributed by atoms with Gasteiger partial charge >= 0.3 is 0 Å². The molecule has 1 amide bonds. The first-order valence-electron chi connectivity index (χ1n) is 9.45. The number of anilines is 2. The van der Waals surface area contributed by atoms with E-state index < -0.39 is 0 Å². The monoisotopic (exact) mass is 382 g/mol. The Morgan fingerprint density at radius 1 is 1.07 bits per heavy atom. The molecule has 0 bridgehead atoms. The molecule has 1 aliphatic heterocycles. The number of aryl methyl sites for hydroxylation is 1. The first-order valence-corrected chi connectivity index (χ1v) is 9.83. The quantitative estimate of drug-likeness (QED) is 0.695. The van der Waals surface area contributed by atoms with Crippen LogP contribution in [-0.4, -0.2) is 28.8 Å². The second kappa shape index (κ2) is 8.01. The zero-order valence-electron chi connectivity index (χ0n) is 15.2. The van der Waals surface area contributed by atoms with Gasteiger partial charge in [0.15, 0.2) is 0 Å². The Balaban J connectivity index is 1.34. The minimum absolute atomic E-state index is 0.0219. The van der Waals surface area contributed by atoms with Crippen molar-refractivity contribution in [1.82, 2.24) is 9.78 Å². The number of hydrogen-bond acceptors (Lipinski definition) is 3. The fourth-order valence-electron chi connectivity index (χ4n) is 3.58. The lowest BCUT2D eigenvalue weighted by Crippen LogP contribution is -2.29. The summed E-state index contributed by atoms with van der Waals surface area (Å²) in [5.41, 5.74) is 3.00. The van der Waals surface area contributed by atoms with Crippen molar-refractivity contribution in [2.75, 3.05) is 23.3 Å². The topological polar surface area (TPSA) is 50.2 Å². The molecule has 1 aliphatic rings. The van der Waals surface area contributed by atoms with E-state index in [1.165, 1.54) is 24.9 Å². The molecule has 0 aliphatic carbocycles. The predicted molar refractivity (Wildman–Crippen MR) is 110 cm³/mol. The molecule has 6 heteroatoms. The number of amides is 1. The van der Waals surface area contributed by atoms with Crippen molar-refractivity contribution in [1.29, 1.82) is 0 Å². The maximum atomic E-state index is 12.3. The van der Waals surface area contributed by atoms with Crippen LogP contribution in [0.5, 0.6) is 0 Å². The number of aromatic nitrogens is 2. The van der Waals surface area contributed by atoms with Gasteiger partial charge in [-0.25, -0.2) is 0 Å². The number of hydrogen-bond donors (Lipinski definition) is 1. The van der Waals surface area contributed by atoms with Gasteiger partial charge in [-0.2, -0.15) is 5.10 Å². The van der Waals surface area contributed by atoms with Crippen LogP contribution in [0.4, 0.5) is 11.4 Å². The molecule has 2 aromatic carbocycles. The summed E-state index contributed by atoms with van der Waals surface area (Å²) in [5.74, 6) is -0.0219. The molecule has 0 spiro atoms. The van der Waals surface area contributed by atoms with E-state index >= 15 is 0 Å². The molecule has 5 nitrogen and oxygen atoms in total. The molecule has 0 radical (unpaired) electrons. The van der Waals surface area contributed by atoms with E-state index in [0.717, 1.165) is 29.7 Å². The molecule has 1 aromatic heterocycles. The summed E-state index contributed by atoms with van der Waals surface area (Å²) >= 11 is 6.17. The Labute approximate surface area is 163 Å². The van der Waals surface area contributed by atoms with Crippen LogP contribution in [0.15, 0.2) is 48.7 Å². The van der Waals surface area contributed by atoms with Gasteiger partial charge in [-0.3, -0.25) is 9.48 Å². The zero-order valence-corrected chi connectivity index (χ0v) is 16.0. The molecule has 27 heavy (non-hydrogen) atoms. The normalized spacial score (nSPS) is 14.5. The summed E-state index contributed by atoms with van der Waals surface area (Å²) in [6.45, 7) is 2.75. The van der Waals surface area contributed by atoms with Crippen LogP contribution in [0.25, 0.3) is 10.9 Å². The number of carbonyl (C=O) groups is 1.